The van der Waals surface area contributed by atoms with E-state index in [-0.39, 0.29) is 15.5 Å². The molecule has 0 saturated heterocycles. The number of nitrogens with zero attached hydrogens (tertiary/aromatic N) is 2. The number of nitrogens with one attached hydrogen (secondary N) is 2. The Bertz CT molecular complexity index is 1100. The SMILES string of the molecule is Cc1cccc(NS(=O)(=O)c2ccc(Cl)c(C(=O)NCCCn3ccnc3)c2)c1. The minimum Gasteiger partial charge on any atom is -0.352 e. The van der Waals surface area contributed by atoms with Crippen LogP contribution in [-0.2, 0) is 16.6 Å². The summed E-state index contributed by atoms with van der Waals surface area (Å²) in [6.07, 6.45) is 5.93. The third-order valence-electron chi connectivity index (χ3n) is 4.20. The quantitative estimate of drug-likeness (QED) is 0.533. The minimum absolute atomic E-state index is 0.0352. The van der Waals surface area contributed by atoms with Crippen molar-refractivity contribution in [3.63, 3.8) is 0 Å². The smallest absolute Gasteiger partial charge is 0.261 e. The number of amides is 1. The Balaban J connectivity index is 1.68. The molecule has 0 radical (unpaired) electrons. The molecule has 0 atom stereocenters. The topological polar surface area (TPSA) is 93.1 Å². The van der Waals surface area contributed by atoms with Crippen LogP contribution < -0.4 is 10.0 Å². The zero-order valence-electron chi connectivity index (χ0n) is 15.8. The van der Waals surface area contributed by atoms with Crippen molar-refractivity contribution < 1.29 is 13.2 Å². The summed E-state index contributed by atoms with van der Waals surface area (Å²) >= 11 is 6.13. The van der Waals surface area contributed by atoms with Gasteiger partial charge in [0.25, 0.3) is 15.9 Å². The molecule has 0 bridgehead atoms. The fraction of sp³-hybridized carbons (Fsp3) is 0.200. The number of halogens is 1. The van der Waals surface area contributed by atoms with Gasteiger partial charge < -0.3 is 9.88 Å². The van der Waals surface area contributed by atoms with Crippen molar-refractivity contribution in [1.82, 2.24) is 14.9 Å². The molecule has 29 heavy (non-hydrogen) atoms. The average molecular weight is 433 g/mol. The Hall–Kier alpha value is -2.84. The third-order valence-corrected chi connectivity index (χ3v) is 5.91. The van der Waals surface area contributed by atoms with E-state index < -0.39 is 15.9 Å². The lowest BCUT2D eigenvalue weighted by molar-refractivity contribution is 0.0952. The molecule has 2 N–H and O–H groups in total. The van der Waals surface area contributed by atoms with Crippen molar-refractivity contribution in [2.75, 3.05) is 11.3 Å². The molecule has 0 spiro atoms. The summed E-state index contributed by atoms with van der Waals surface area (Å²) in [6, 6.07) is 11.1. The van der Waals surface area contributed by atoms with Crippen LogP contribution in [0.4, 0.5) is 5.69 Å². The van der Waals surface area contributed by atoms with Crippen molar-refractivity contribution in [2.45, 2.75) is 24.8 Å². The van der Waals surface area contributed by atoms with Gasteiger partial charge in [0.05, 0.1) is 21.8 Å². The summed E-state index contributed by atoms with van der Waals surface area (Å²) in [6.45, 7) is 3.00. The first-order valence-corrected chi connectivity index (χ1v) is 10.8. The fourth-order valence-corrected chi connectivity index (χ4v) is 4.02. The second-order valence-electron chi connectivity index (χ2n) is 6.53. The molecule has 152 valence electrons. The van der Waals surface area contributed by atoms with Crippen LogP contribution in [0.15, 0.2) is 66.1 Å². The number of carbonyl (C=O) groups is 1. The maximum absolute atomic E-state index is 12.7. The highest BCUT2D eigenvalue weighted by Gasteiger charge is 2.19. The molecular weight excluding hydrogens is 412 g/mol. The number of sulfonamides is 1. The van der Waals surface area contributed by atoms with Gasteiger partial charge in [0, 0.05) is 31.2 Å². The van der Waals surface area contributed by atoms with E-state index in [1.165, 1.54) is 18.2 Å². The van der Waals surface area contributed by atoms with Gasteiger partial charge in [-0.2, -0.15) is 0 Å². The minimum atomic E-state index is -3.86. The van der Waals surface area contributed by atoms with Crippen LogP contribution in [0.2, 0.25) is 5.02 Å². The summed E-state index contributed by atoms with van der Waals surface area (Å²) in [5, 5.41) is 2.95. The number of carbonyl (C=O) groups excluding carboxylic acids is 1. The molecule has 3 rings (SSSR count). The molecule has 9 heteroatoms. The largest absolute Gasteiger partial charge is 0.352 e. The Morgan fingerprint density at radius 3 is 2.76 bits per heavy atom. The van der Waals surface area contributed by atoms with Crippen LogP contribution >= 0.6 is 11.6 Å². The van der Waals surface area contributed by atoms with Crippen LogP contribution in [0.5, 0.6) is 0 Å². The number of rotatable bonds is 8. The number of hydrogen-bond donors (Lipinski definition) is 2. The summed E-state index contributed by atoms with van der Waals surface area (Å²) < 4.78 is 29.8. The van der Waals surface area contributed by atoms with E-state index in [0.717, 1.165) is 5.56 Å². The van der Waals surface area contributed by atoms with E-state index in [4.69, 9.17) is 11.6 Å². The lowest BCUT2D eigenvalue weighted by Crippen LogP contribution is -2.26. The maximum Gasteiger partial charge on any atom is 0.261 e. The normalized spacial score (nSPS) is 11.2. The lowest BCUT2D eigenvalue weighted by atomic mass is 10.2. The predicted octanol–water partition coefficient (Wildman–Crippen LogP) is 3.47. The summed E-state index contributed by atoms with van der Waals surface area (Å²) in [7, 11) is -3.86. The molecule has 0 aliphatic carbocycles. The molecule has 3 aromatic rings. The zero-order valence-corrected chi connectivity index (χ0v) is 17.4. The molecular formula is C20H21ClN4O3S. The van der Waals surface area contributed by atoms with Crippen molar-refractivity contribution in [3.8, 4) is 0 Å². The standard InChI is InChI=1S/C20H21ClN4O3S/c1-15-4-2-5-16(12-15)24-29(27,28)17-6-7-19(21)18(13-17)20(26)23-8-3-10-25-11-9-22-14-25/h2,4-7,9,11-14,24H,3,8,10H2,1H3,(H,23,26). The lowest BCUT2D eigenvalue weighted by Gasteiger charge is -2.11. The van der Waals surface area contributed by atoms with Crippen LogP contribution in [0.25, 0.3) is 0 Å². The molecule has 1 aromatic heterocycles. The van der Waals surface area contributed by atoms with Crippen LogP contribution in [-0.4, -0.2) is 30.4 Å². The van der Waals surface area contributed by atoms with E-state index in [1.807, 2.05) is 23.8 Å². The predicted molar refractivity (Wildman–Crippen MR) is 113 cm³/mol. The second-order valence-corrected chi connectivity index (χ2v) is 8.62. The Kier molecular flexibility index (Phi) is 6.56. The number of aryl methyl sites for hydroxylation is 2. The van der Waals surface area contributed by atoms with Gasteiger partial charge in [-0.15, -0.1) is 0 Å². The number of hydrogen-bond acceptors (Lipinski definition) is 4. The van der Waals surface area contributed by atoms with Crippen LogP contribution in [0.1, 0.15) is 22.3 Å². The van der Waals surface area contributed by atoms with E-state index in [1.54, 1.807) is 30.7 Å². The third kappa shape index (κ3) is 5.58. The van der Waals surface area contributed by atoms with Crippen molar-refractivity contribution in [3.05, 3.63) is 77.3 Å². The molecule has 0 saturated carbocycles. The molecule has 2 aromatic carbocycles. The van der Waals surface area contributed by atoms with Gasteiger partial charge in [0.15, 0.2) is 0 Å². The van der Waals surface area contributed by atoms with Gasteiger partial charge in [-0.05, 0) is 49.2 Å². The monoisotopic (exact) mass is 432 g/mol. The van der Waals surface area contributed by atoms with Crippen LogP contribution in [0, 0.1) is 6.92 Å². The van der Waals surface area contributed by atoms with Gasteiger partial charge in [0.1, 0.15) is 0 Å². The summed E-state index contributed by atoms with van der Waals surface area (Å²) in [5.74, 6) is -0.423. The molecule has 1 heterocycles. The number of benzene rings is 2. The first kappa shape index (κ1) is 20.9. The van der Waals surface area contributed by atoms with Crippen molar-refractivity contribution in [2.24, 2.45) is 0 Å². The highest BCUT2D eigenvalue weighted by Crippen LogP contribution is 2.23. The van der Waals surface area contributed by atoms with Gasteiger partial charge in [-0.3, -0.25) is 9.52 Å². The molecule has 1 amide bonds. The first-order valence-electron chi connectivity index (χ1n) is 8.98. The highest BCUT2D eigenvalue weighted by molar-refractivity contribution is 7.92. The Labute approximate surface area is 174 Å². The fourth-order valence-electron chi connectivity index (χ4n) is 2.75. The van der Waals surface area contributed by atoms with Gasteiger partial charge >= 0.3 is 0 Å². The van der Waals surface area contributed by atoms with E-state index in [9.17, 15) is 13.2 Å². The Morgan fingerprint density at radius 1 is 1.21 bits per heavy atom. The van der Waals surface area contributed by atoms with Gasteiger partial charge in [0.2, 0.25) is 0 Å². The zero-order chi connectivity index (χ0) is 20.9. The van der Waals surface area contributed by atoms with Gasteiger partial charge in [-0.1, -0.05) is 23.7 Å². The Morgan fingerprint density at radius 2 is 2.03 bits per heavy atom. The average Bonchev–Trinajstić information content (AvgIpc) is 3.18. The van der Waals surface area contributed by atoms with E-state index >= 15 is 0 Å². The van der Waals surface area contributed by atoms with Crippen molar-refractivity contribution >= 4 is 33.2 Å². The second kappa shape index (κ2) is 9.11. The number of aromatic nitrogens is 2. The summed E-state index contributed by atoms with van der Waals surface area (Å²) in [5.41, 5.74) is 1.49. The summed E-state index contributed by atoms with van der Waals surface area (Å²) in [4.78, 5) is 16.4. The molecule has 0 unspecified atom stereocenters. The van der Waals surface area contributed by atoms with E-state index in [0.29, 0.717) is 25.2 Å². The van der Waals surface area contributed by atoms with Crippen LogP contribution in [0.3, 0.4) is 0 Å². The molecule has 0 fully saturated rings. The molecule has 0 aliphatic rings. The van der Waals surface area contributed by atoms with Gasteiger partial charge in [-0.25, -0.2) is 13.4 Å². The molecule has 7 nitrogen and oxygen atoms in total. The van der Waals surface area contributed by atoms with E-state index in [2.05, 4.69) is 15.0 Å². The first-order chi connectivity index (χ1) is 13.8. The number of anilines is 1. The van der Waals surface area contributed by atoms with Crippen molar-refractivity contribution in [1.29, 1.82) is 0 Å². The molecule has 0 aliphatic heterocycles. The number of imidazole rings is 1. The maximum atomic E-state index is 12.7. The highest BCUT2D eigenvalue weighted by atomic mass is 35.5.